The van der Waals surface area contributed by atoms with Gasteiger partial charge >= 0.3 is 0 Å². The predicted molar refractivity (Wildman–Crippen MR) is 70.4 cm³/mol. The number of fused-ring (bicyclic) bond motifs is 1. The summed E-state index contributed by atoms with van der Waals surface area (Å²) in [6, 6.07) is 5.18. The van der Waals surface area contributed by atoms with Gasteiger partial charge in [0.1, 0.15) is 11.5 Å². The minimum Gasteiger partial charge on any atom is -0.507 e. The number of phenolic OH excluding ortho intramolecular Hbond substituents is 2. The molecule has 0 atom stereocenters. The molecule has 2 N–H and O–H groups in total. The third-order valence-corrected chi connectivity index (χ3v) is 4.11. The van der Waals surface area contributed by atoms with E-state index in [2.05, 4.69) is 47.8 Å². The summed E-state index contributed by atoms with van der Waals surface area (Å²) in [7, 11) is 0. The van der Waals surface area contributed by atoms with Crippen LogP contribution in [0, 0.1) is 0 Å². The Kier molecular flexibility index (Phi) is 2.96. The van der Waals surface area contributed by atoms with Gasteiger partial charge in [-0.3, -0.25) is 0 Å². The Morgan fingerprint density at radius 3 is 2.13 bits per heavy atom. The first kappa shape index (κ1) is 11.2. The van der Waals surface area contributed by atoms with Crippen LogP contribution in [0.25, 0.3) is 10.8 Å². The second-order valence-electron chi connectivity index (χ2n) is 3.05. The molecule has 5 heteroatoms. The summed E-state index contributed by atoms with van der Waals surface area (Å²) in [6.45, 7) is 0. The van der Waals surface area contributed by atoms with Crippen LogP contribution in [0.4, 0.5) is 0 Å². The zero-order chi connectivity index (χ0) is 11.2. The first-order chi connectivity index (χ1) is 7.00. The van der Waals surface area contributed by atoms with Crippen molar-refractivity contribution in [2.75, 3.05) is 0 Å². The zero-order valence-electron chi connectivity index (χ0n) is 7.26. The minimum atomic E-state index is 0.129. The van der Waals surface area contributed by atoms with Gasteiger partial charge in [-0.05, 0) is 71.4 Å². The van der Waals surface area contributed by atoms with Gasteiger partial charge in [0.25, 0.3) is 0 Å². The molecular formula is C10H5Br3O2. The van der Waals surface area contributed by atoms with E-state index in [1.807, 2.05) is 0 Å². The van der Waals surface area contributed by atoms with Crippen LogP contribution in [-0.2, 0) is 0 Å². The smallest absolute Gasteiger partial charge is 0.144 e. The van der Waals surface area contributed by atoms with Crippen LogP contribution in [-0.4, -0.2) is 10.2 Å². The fourth-order valence-electron chi connectivity index (χ4n) is 1.32. The number of benzene rings is 2. The van der Waals surface area contributed by atoms with Crippen LogP contribution in [0.15, 0.2) is 31.6 Å². The van der Waals surface area contributed by atoms with Crippen LogP contribution in [0.3, 0.4) is 0 Å². The minimum absolute atomic E-state index is 0.129. The maximum atomic E-state index is 9.68. The first-order valence-electron chi connectivity index (χ1n) is 4.00. The van der Waals surface area contributed by atoms with Gasteiger partial charge in [-0.15, -0.1) is 0 Å². The Balaban J connectivity index is 2.93. The zero-order valence-corrected chi connectivity index (χ0v) is 12.0. The van der Waals surface area contributed by atoms with Gasteiger partial charge < -0.3 is 10.2 Å². The summed E-state index contributed by atoms with van der Waals surface area (Å²) in [4.78, 5) is 0. The van der Waals surface area contributed by atoms with E-state index in [9.17, 15) is 10.2 Å². The highest BCUT2D eigenvalue weighted by Gasteiger charge is 2.11. The fraction of sp³-hybridized carbons (Fsp3) is 0. The van der Waals surface area contributed by atoms with Crippen molar-refractivity contribution < 1.29 is 10.2 Å². The number of hydrogen-bond donors (Lipinski definition) is 2. The number of phenols is 2. The van der Waals surface area contributed by atoms with Crippen molar-refractivity contribution in [3.05, 3.63) is 31.6 Å². The van der Waals surface area contributed by atoms with Gasteiger partial charge in [0.15, 0.2) is 0 Å². The summed E-state index contributed by atoms with van der Waals surface area (Å²) >= 11 is 9.78. The molecule has 2 rings (SSSR count). The summed E-state index contributed by atoms with van der Waals surface area (Å²) in [6.07, 6.45) is 0. The normalized spacial score (nSPS) is 10.9. The van der Waals surface area contributed by atoms with E-state index in [-0.39, 0.29) is 11.5 Å². The maximum Gasteiger partial charge on any atom is 0.144 e. The molecule has 0 radical (unpaired) electrons. The number of aromatic hydroxyl groups is 2. The van der Waals surface area contributed by atoms with E-state index < -0.39 is 0 Å². The molecule has 0 saturated carbocycles. The van der Waals surface area contributed by atoms with Crippen molar-refractivity contribution >= 4 is 58.6 Å². The van der Waals surface area contributed by atoms with Crippen molar-refractivity contribution in [3.8, 4) is 11.5 Å². The average Bonchev–Trinajstić information content (AvgIpc) is 2.19. The van der Waals surface area contributed by atoms with E-state index in [1.165, 1.54) is 0 Å². The van der Waals surface area contributed by atoms with Crippen LogP contribution in [0.5, 0.6) is 11.5 Å². The van der Waals surface area contributed by atoms with E-state index in [0.717, 1.165) is 10.8 Å². The van der Waals surface area contributed by atoms with Gasteiger partial charge in [-0.2, -0.15) is 0 Å². The van der Waals surface area contributed by atoms with E-state index in [4.69, 9.17) is 0 Å². The Bertz CT molecular complexity index is 547. The van der Waals surface area contributed by atoms with Crippen molar-refractivity contribution in [2.24, 2.45) is 0 Å². The van der Waals surface area contributed by atoms with Gasteiger partial charge in [0, 0.05) is 5.39 Å². The van der Waals surface area contributed by atoms with Gasteiger partial charge in [-0.25, -0.2) is 0 Å². The number of hydrogen-bond acceptors (Lipinski definition) is 2. The van der Waals surface area contributed by atoms with Crippen LogP contribution in [0.1, 0.15) is 0 Å². The molecule has 78 valence electrons. The molecule has 0 heterocycles. The molecule has 0 aliphatic rings. The number of rotatable bonds is 0. The summed E-state index contributed by atoms with van der Waals surface area (Å²) < 4.78 is 1.80. The Morgan fingerprint density at radius 2 is 1.47 bits per heavy atom. The third-order valence-electron chi connectivity index (χ3n) is 2.07. The van der Waals surface area contributed by atoms with Gasteiger partial charge in [0.2, 0.25) is 0 Å². The van der Waals surface area contributed by atoms with E-state index in [1.54, 1.807) is 18.2 Å². The monoisotopic (exact) mass is 394 g/mol. The van der Waals surface area contributed by atoms with Crippen LogP contribution < -0.4 is 0 Å². The van der Waals surface area contributed by atoms with E-state index >= 15 is 0 Å². The lowest BCUT2D eigenvalue weighted by molar-refractivity contribution is 0.468. The van der Waals surface area contributed by atoms with Crippen molar-refractivity contribution in [1.82, 2.24) is 0 Å². The predicted octanol–water partition coefficient (Wildman–Crippen LogP) is 4.54. The molecule has 2 aromatic carbocycles. The highest BCUT2D eigenvalue weighted by molar-refractivity contribution is 9.11. The molecule has 2 nitrogen and oxygen atoms in total. The lowest BCUT2D eigenvalue weighted by atomic mass is 10.1. The van der Waals surface area contributed by atoms with Gasteiger partial charge in [0.05, 0.1) is 13.4 Å². The van der Waals surface area contributed by atoms with Crippen molar-refractivity contribution in [1.29, 1.82) is 0 Å². The third kappa shape index (κ3) is 1.88. The van der Waals surface area contributed by atoms with Crippen molar-refractivity contribution in [2.45, 2.75) is 0 Å². The van der Waals surface area contributed by atoms with Crippen LogP contribution in [0.2, 0.25) is 0 Å². The topological polar surface area (TPSA) is 40.5 Å². The Labute approximate surface area is 111 Å². The largest absolute Gasteiger partial charge is 0.507 e. The molecule has 0 aromatic heterocycles. The molecule has 0 amide bonds. The molecule has 2 aromatic rings. The Hall–Kier alpha value is -0.260. The molecule has 0 aliphatic carbocycles. The second kappa shape index (κ2) is 3.96. The number of halogens is 3. The van der Waals surface area contributed by atoms with Crippen molar-refractivity contribution in [3.63, 3.8) is 0 Å². The quantitative estimate of drug-likeness (QED) is 0.686. The fourth-order valence-corrected chi connectivity index (χ4v) is 2.95. The van der Waals surface area contributed by atoms with Crippen LogP contribution >= 0.6 is 47.8 Å². The molecular weight excluding hydrogens is 392 g/mol. The second-order valence-corrected chi connectivity index (χ2v) is 5.55. The first-order valence-corrected chi connectivity index (χ1v) is 6.38. The summed E-state index contributed by atoms with van der Waals surface area (Å²) in [5.74, 6) is 0.272. The highest BCUT2D eigenvalue weighted by atomic mass is 79.9. The average molecular weight is 397 g/mol. The molecule has 0 spiro atoms. The standard InChI is InChI=1S/C10H5Br3O2/c11-6-1-4-2-7(12)10(15)9(13)5(4)3-8(6)14/h1-3,14-15H. The SMILES string of the molecule is Oc1cc2c(Br)c(O)c(Br)cc2cc1Br. The lowest BCUT2D eigenvalue weighted by Gasteiger charge is -2.07. The van der Waals surface area contributed by atoms with Gasteiger partial charge in [-0.1, -0.05) is 0 Å². The molecule has 0 fully saturated rings. The molecule has 0 saturated heterocycles. The van der Waals surface area contributed by atoms with E-state index in [0.29, 0.717) is 13.4 Å². The lowest BCUT2D eigenvalue weighted by Crippen LogP contribution is -1.79. The maximum absolute atomic E-state index is 9.68. The molecule has 0 aliphatic heterocycles. The molecule has 0 bridgehead atoms. The summed E-state index contributed by atoms with van der Waals surface area (Å²) in [5, 5.41) is 20.9. The summed E-state index contributed by atoms with van der Waals surface area (Å²) in [5.41, 5.74) is 0. The molecule has 0 unspecified atom stereocenters. The highest BCUT2D eigenvalue weighted by Crippen LogP contribution is 2.41. The molecule has 15 heavy (non-hydrogen) atoms. The Morgan fingerprint density at radius 1 is 0.867 bits per heavy atom.